The van der Waals surface area contributed by atoms with Gasteiger partial charge >= 0.3 is 5.97 Å². The fourth-order valence-electron chi connectivity index (χ4n) is 2.05. The zero-order valence-electron chi connectivity index (χ0n) is 11.6. The second-order valence-electron chi connectivity index (χ2n) is 4.64. The third-order valence-electron chi connectivity index (χ3n) is 3.12. The monoisotopic (exact) mass is 307 g/mol. The molecule has 3 nitrogen and oxygen atoms in total. The molecule has 0 radical (unpaired) electrons. The highest BCUT2D eigenvalue weighted by Gasteiger charge is 2.14. The predicted octanol–water partition coefficient (Wildman–Crippen LogP) is 4.60. The predicted molar refractivity (Wildman–Crippen MR) is 87.2 cm³/mol. The SMILES string of the molecule is O=C(O)c1ccc(-c2ccccc2)nc1Sc1ccccc1. The average molecular weight is 307 g/mol. The van der Waals surface area contributed by atoms with E-state index in [0.717, 1.165) is 16.2 Å². The number of carboxylic acid groups (broad SMARTS) is 1. The molecular formula is C18H13NO2S. The lowest BCUT2D eigenvalue weighted by Gasteiger charge is -2.08. The minimum absolute atomic E-state index is 0.216. The molecule has 3 aromatic rings. The number of carboxylic acids is 1. The van der Waals surface area contributed by atoms with E-state index in [4.69, 9.17) is 0 Å². The summed E-state index contributed by atoms with van der Waals surface area (Å²) in [7, 11) is 0. The van der Waals surface area contributed by atoms with Crippen LogP contribution in [-0.4, -0.2) is 16.1 Å². The van der Waals surface area contributed by atoms with Gasteiger partial charge in [0, 0.05) is 10.5 Å². The van der Waals surface area contributed by atoms with Gasteiger partial charge in [-0.2, -0.15) is 0 Å². The first kappa shape index (κ1) is 14.4. The molecule has 3 rings (SSSR count). The van der Waals surface area contributed by atoms with E-state index in [9.17, 15) is 9.90 Å². The lowest BCUT2D eigenvalue weighted by molar-refractivity contribution is 0.0692. The number of hydrogen-bond acceptors (Lipinski definition) is 3. The Balaban J connectivity index is 2.03. The number of hydrogen-bond donors (Lipinski definition) is 1. The number of nitrogens with zero attached hydrogens (tertiary/aromatic N) is 1. The van der Waals surface area contributed by atoms with E-state index in [2.05, 4.69) is 4.98 Å². The Hall–Kier alpha value is -2.59. The van der Waals surface area contributed by atoms with Crippen LogP contribution in [0.4, 0.5) is 0 Å². The van der Waals surface area contributed by atoms with Gasteiger partial charge in [0.05, 0.1) is 11.3 Å². The van der Waals surface area contributed by atoms with Gasteiger partial charge in [-0.3, -0.25) is 0 Å². The average Bonchev–Trinajstić information content (AvgIpc) is 2.56. The Morgan fingerprint density at radius 3 is 2.14 bits per heavy atom. The van der Waals surface area contributed by atoms with Gasteiger partial charge in [0.2, 0.25) is 0 Å². The summed E-state index contributed by atoms with van der Waals surface area (Å²) in [4.78, 5) is 16.9. The molecule has 1 aromatic heterocycles. The van der Waals surface area contributed by atoms with Crippen LogP contribution in [0.1, 0.15) is 10.4 Å². The molecule has 1 heterocycles. The molecule has 4 heteroatoms. The van der Waals surface area contributed by atoms with Crippen LogP contribution in [0.15, 0.2) is 82.7 Å². The molecule has 0 bridgehead atoms. The van der Waals surface area contributed by atoms with Crippen LogP contribution in [0.5, 0.6) is 0 Å². The summed E-state index contributed by atoms with van der Waals surface area (Å²) in [5.41, 5.74) is 1.95. The molecule has 0 saturated carbocycles. The van der Waals surface area contributed by atoms with Crippen molar-refractivity contribution in [2.24, 2.45) is 0 Å². The molecule has 0 aliphatic heterocycles. The highest BCUT2D eigenvalue weighted by atomic mass is 32.2. The Morgan fingerprint density at radius 1 is 0.864 bits per heavy atom. The van der Waals surface area contributed by atoms with E-state index in [1.165, 1.54) is 11.8 Å². The number of pyridine rings is 1. The Bertz CT molecular complexity index is 789. The van der Waals surface area contributed by atoms with E-state index < -0.39 is 5.97 Å². The lowest BCUT2D eigenvalue weighted by atomic mass is 10.1. The van der Waals surface area contributed by atoms with Crippen molar-refractivity contribution in [3.8, 4) is 11.3 Å². The molecule has 0 atom stereocenters. The molecule has 108 valence electrons. The number of carbonyl (C=O) groups is 1. The molecule has 0 aliphatic carbocycles. The topological polar surface area (TPSA) is 50.2 Å². The van der Waals surface area contributed by atoms with E-state index in [1.807, 2.05) is 60.7 Å². The van der Waals surface area contributed by atoms with Gasteiger partial charge in [-0.05, 0) is 24.3 Å². The van der Waals surface area contributed by atoms with Gasteiger partial charge < -0.3 is 5.11 Å². The summed E-state index contributed by atoms with van der Waals surface area (Å²) in [6, 6.07) is 22.7. The summed E-state index contributed by atoms with van der Waals surface area (Å²) in [5, 5.41) is 9.85. The number of rotatable bonds is 4. The van der Waals surface area contributed by atoms with Crippen LogP contribution in [0.25, 0.3) is 11.3 Å². The lowest BCUT2D eigenvalue weighted by Crippen LogP contribution is -2.01. The minimum atomic E-state index is -0.967. The second kappa shape index (κ2) is 6.45. The maximum absolute atomic E-state index is 11.4. The molecule has 2 aromatic carbocycles. The largest absolute Gasteiger partial charge is 0.478 e. The third-order valence-corrected chi connectivity index (χ3v) is 4.13. The molecule has 0 fully saturated rings. The standard InChI is InChI=1S/C18H13NO2S/c20-18(21)15-11-12-16(13-7-3-1-4-8-13)19-17(15)22-14-9-5-2-6-10-14/h1-12H,(H,20,21). The summed E-state index contributed by atoms with van der Waals surface area (Å²) < 4.78 is 0. The van der Waals surface area contributed by atoms with Crippen LogP contribution in [0.3, 0.4) is 0 Å². The van der Waals surface area contributed by atoms with Crippen LogP contribution in [-0.2, 0) is 0 Å². The van der Waals surface area contributed by atoms with Crippen LogP contribution in [0, 0.1) is 0 Å². The Morgan fingerprint density at radius 2 is 1.50 bits per heavy atom. The van der Waals surface area contributed by atoms with E-state index in [-0.39, 0.29) is 5.56 Å². The number of benzene rings is 2. The number of aromatic carboxylic acids is 1. The quantitative estimate of drug-likeness (QED) is 0.765. The van der Waals surface area contributed by atoms with Crippen molar-refractivity contribution in [2.45, 2.75) is 9.92 Å². The maximum Gasteiger partial charge on any atom is 0.338 e. The molecular weight excluding hydrogens is 294 g/mol. The van der Waals surface area contributed by atoms with Gasteiger partial charge in [-0.1, -0.05) is 60.3 Å². The minimum Gasteiger partial charge on any atom is -0.478 e. The first-order chi connectivity index (χ1) is 10.7. The first-order valence-corrected chi connectivity index (χ1v) is 7.58. The van der Waals surface area contributed by atoms with Crippen molar-refractivity contribution in [1.29, 1.82) is 0 Å². The van der Waals surface area contributed by atoms with Crippen LogP contribution in [0.2, 0.25) is 0 Å². The van der Waals surface area contributed by atoms with E-state index >= 15 is 0 Å². The van der Waals surface area contributed by atoms with Crippen molar-refractivity contribution >= 4 is 17.7 Å². The van der Waals surface area contributed by atoms with Crippen molar-refractivity contribution in [3.05, 3.63) is 78.4 Å². The van der Waals surface area contributed by atoms with Gasteiger partial charge in [0.15, 0.2) is 0 Å². The van der Waals surface area contributed by atoms with Gasteiger partial charge in [0.1, 0.15) is 5.03 Å². The molecule has 22 heavy (non-hydrogen) atoms. The van der Waals surface area contributed by atoms with E-state index in [1.54, 1.807) is 12.1 Å². The van der Waals surface area contributed by atoms with Crippen molar-refractivity contribution in [3.63, 3.8) is 0 Å². The zero-order valence-corrected chi connectivity index (χ0v) is 12.5. The molecule has 0 amide bonds. The Kier molecular flexibility index (Phi) is 4.21. The van der Waals surface area contributed by atoms with Gasteiger partial charge in [-0.15, -0.1) is 0 Å². The van der Waals surface area contributed by atoms with Crippen molar-refractivity contribution in [2.75, 3.05) is 0 Å². The van der Waals surface area contributed by atoms with Crippen molar-refractivity contribution in [1.82, 2.24) is 4.98 Å². The van der Waals surface area contributed by atoms with Crippen LogP contribution >= 0.6 is 11.8 Å². The zero-order chi connectivity index (χ0) is 15.4. The summed E-state index contributed by atoms with van der Waals surface area (Å²) in [6.07, 6.45) is 0. The fraction of sp³-hybridized carbons (Fsp3) is 0. The second-order valence-corrected chi connectivity index (χ2v) is 5.70. The Labute approximate surface area is 132 Å². The highest BCUT2D eigenvalue weighted by Crippen LogP contribution is 2.31. The molecule has 0 unspecified atom stereocenters. The van der Waals surface area contributed by atoms with Gasteiger partial charge in [-0.25, -0.2) is 9.78 Å². The van der Waals surface area contributed by atoms with Crippen LogP contribution < -0.4 is 0 Å². The normalized spacial score (nSPS) is 10.4. The molecule has 0 aliphatic rings. The summed E-state index contributed by atoms with van der Waals surface area (Å²) in [5.74, 6) is -0.967. The van der Waals surface area contributed by atoms with Crippen molar-refractivity contribution < 1.29 is 9.90 Å². The summed E-state index contributed by atoms with van der Waals surface area (Å²) >= 11 is 1.36. The first-order valence-electron chi connectivity index (χ1n) is 6.77. The molecule has 0 saturated heterocycles. The highest BCUT2D eigenvalue weighted by molar-refractivity contribution is 7.99. The maximum atomic E-state index is 11.4. The third kappa shape index (κ3) is 3.18. The summed E-state index contributed by atoms with van der Waals surface area (Å²) in [6.45, 7) is 0. The molecule has 1 N–H and O–H groups in total. The van der Waals surface area contributed by atoms with E-state index in [0.29, 0.717) is 5.03 Å². The smallest absolute Gasteiger partial charge is 0.338 e. The van der Waals surface area contributed by atoms with Gasteiger partial charge in [0.25, 0.3) is 0 Å². The molecule has 0 spiro atoms. The number of aromatic nitrogens is 1. The fourth-order valence-corrected chi connectivity index (χ4v) is 2.98.